The van der Waals surface area contributed by atoms with Crippen molar-refractivity contribution in [3.8, 4) is 0 Å². The van der Waals surface area contributed by atoms with E-state index in [0.29, 0.717) is 25.7 Å². The first-order valence-corrected chi connectivity index (χ1v) is 12.9. The molecule has 1 aliphatic carbocycles. The summed E-state index contributed by atoms with van der Waals surface area (Å²) in [6.07, 6.45) is 10.2. The van der Waals surface area contributed by atoms with Gasteiger partial charge in [0.15, 0.2) is 0 Å². The zero-order valence-electron chi connectivity index (χ0n) is 18.6. The van der Waals surface area contributed by atoms with E-state index in [1.165, 1.54) is 9.75 Å². The molecule has 1 saturated carbocycles. The molecule has 1 aromatic heterocycles. The van der Waals surface area contributed by atoms with E-state index in [1.54, 1.807) is 17.4 Å². The first-order chi connectivity index (χ1) is 15.3. The van der Waals surface area contributed by atoms with Crippen molar-refractivity contribution < 1.29 is 25.2 Å². The van der Waals surface area contributed by atoms with Gasteiger partial charge < -0.3 is 25.7 Å². The van der Waals surface area contributed by atoms with Crippen LogP contribution in [0.25, 0.3) is 0 Å². The van der Waals surface area contributed by atoms with Crippen molar-refractivity contribution in [2.24, 2.45) is 11.8 Å². The second-order valence-electron chi connectivity index (χ2n) is 8.39. The van der Waals surface area contributed by atoms with E-state index >= 15 is 0 Å². The van der Waals surface area contributed by atoms with Gasteiger partial charge in [-0.3, -0.25) is 4.79 Å². The Bertz CT molecular complexity index is 746. The molecule has 1 heterocycles. The molecular formula is C24H36BrNO5S. The largest absolute Gasteiger partial charge is 0.395 e. The molecule has 1 aliphatic rings. The third-order valence-corrected chi connectivity index (χ3v) is 8.05. The van der Waals surface area contributed by atoms with Crippen molar-refractivity contribution in [1.82, 2.24) is 5.32 Å². The van der Waals surface area contributed by atoms with Crippen LogP contribution in [0.3, 0.4) is 0 Å². The Labute approximate surface area is 203 Å². The molecule has 1 amide bonds. The van der Waals surface area contributed by atoms with E-state index in [-0.39, 0.29) is 30.9 Å². The summed E-state index contributed by atoms with van der Waals surface area (Å²) in [5.74, 6) is -0.340. The van der Waals surface area contributed by atoms with Gasteiger partial charge in [0.05, 0.1) is 24.9 Å². The second-order valence-corrected chi connectivity index (χ2v) is 10.6. The highest BCUT2D eigenvalue weighted by Gasteiger charge is 2.39. The number of hydrogen-bond donors (Lipinski definition) is 5. The molecule has 2 rings (SSSR count). The second kappa shape index (κ2) is 14.3. The maximum Gasteiger partial charge on any atom is 0.220 e. The lowest BCUT2D eigenvalue weighted by molar-refractivity contribution is -0.121. The number of aryl methyl sites for hydroxylation is 2. The number of thiophene rings is 1. The van der Waals surface area contributed by atoms with E-state index in [2.05, 4.69) is 34.2 Å². The highest BCUT2D eigenvalue weighted by Crippen LogP contribution is 2.36. The van der Waals surface area contributed by atoms with Crippen LogP contribution in [0.5, 0.6) is 0 Å². The van der Waals surface area contributed by atoms with Gasteiger partial charge >= 0.3 is 0 Å². The third kappa shape index (κ3) is 9.08. The minimum atomic E-state index is -0.613. The van der Waals surface area contributed by atoms with Crippen LogP contribution in [0.1, 0.15) is 48.3 Å². The van der Waals surface area contributed by atoms with Gasteiger partial charge in [-0.05, 0) is 66.9 Å². The van der Waals surface area contributed by atoms with Crippen LogP contribution >= 0.6 is 27.3 Å². The fourth-order valence-corrected chi connectivity index (χ4v) is 5.64. The Morgan fingerprint density at radius 2 is 2.12 bits per heavy atom. The standard InChI is InChI=1S/C24H36BrNO5S/c1-16-21(25)14-18(32-16)10-8-17(28)9-11-20-19(22(29)15-23(20)30)6-4-2-3-5-7-24(31)26-12-13-27/h2,4,9,11,14,17,19-20,22-23,27-30H,3,5-8,10,12-13,15H2,1H3,(H,26,31)/t17?,19-,20-,22?,23?/m1/s1. The third-order valence-electron chi connectivity index (χ3n) is 5.85. The van der Waals surface area contributed by atoms with Gasteiger partial charge in [-0.15, -0.1) is 11.3 Å². The normalized spacial score (nSPS) is 24.6. The van der Waals surface area contributed by atoms with Crippen molar-refractivity contribution >= 4 is 33.2 Å². The molecule has 0 radical (unpaired) electrons. The monoisotopic (exact) mass is 529 g/mol. The Balaban J connectivity index is 1.77. The summed E-state index contributed by atoms with van der Waals surface area (Å²) in [4.78, 5) is 14.0. The summed E-state index contributed by atoms with van der Waals surface area (Å²) in [6, 6.07) is 2.09. The maximum atomic E-state index is 11.5. The topological polar surface area (TPSA) is 110 Å². The molecule has 0 bridgehead atoms. The molecule has 5 atom stereocenters. The molecule has 1 aromatic rings. The van der Waals surface area contributed by atoms with E-state index in [0.717, 1.165) is 23.7 Å². The summed E-state index contributed by atoms with van der Waals surface area (Å²) in [6.45, 7) is 2.29. The molecule has 1 fully saturated rings. The van der Waals surface area contributed by atoms with Gasteiger partial charge in [0.1, 0.15) is 0 Å². The summed E-state index contributed by atoms with van der Waals surface area (Å²) < 4.78 is 1.10. The van der Waals surface area contributed by atoms with Crippen LogP contribution in [0.2, 0.25) is 0 Å². The average molecular weight is 531 g/mol. The molecule has 32 heavy (non-hydrogen) atoms. The number of hydrogen-bond acceptors (Lipinski definition) is 6. The predicted octanol–water partition coefficient (Wildman–Crippen LogP) is 3.25. The number of carbonyl (C=O) groups is 1. The van der Waals surface area contributed by atoms with Gasteiger partial charge in [-0.1, -0.05) is 24.3 Å². The summed E-state index contributed by atoms with van der Waals surface area (Å²) in [7, 11) is 0. The lowest BCUT2D eigenvalue weighted by atomic mass is 9.89. The lowest BCUT2D eigenvalue weighted by Crippen LogP contribution is -2.25. The highest BCUT2D eigenvalue weighted by atomic mass is 79.9. The van der Waals surface area contributed by atoms with Crippen molar-refractivity contribution in [2.75, 3.05) is 13.2 Å². The van der Waals surface area contributed by atoms with Gasteiger partial charge in [-0.2, -0.15) is 0 Å². The van der Waals surface area contributed by atoms with Gasteiger partial charge in [0, 0.05) is 39.5 Å². The minimum Gasteiger partial charge on any atom is -0.395 e. The quantitative estimate of drug-likeness (QED) is 0.199. The van der Waals surface area contributed by atoms with Crippen LogP contribution in [-0.2, 0) is 11.2 Å². The van der Waals surface area contributed by atoms with Gasteiger partial charge in [0.2, 0.25) is 5.91 Å². The smallest absolute Gasteiger partial charge is 0.220 e. The highest BCUT2D eigenvalue weighted by molar-refractivity contribution is 9.10. The molecule has 5 N–H and O–H groups in total. The molecule has 0 aromatic carbocycles. The number of unbranched alkanes of at least 4 members (excludes halogenated alkanes) is 1. The first kappa shape index (κ1) is 27.2. The van der Waals surface area contributed by atoms with Gasteiger partial charge in [0.25, 0.3) is 0 Å². The van der Waals surface area contributed by atoms with Crippen molar-refractivity contribution in [1.29, 1.82) is 0 Å². The van der Waals surface area contributed by atoms with E-state index < -0.39 is 18.3 Å². The predicted molar refractivity (Wildman–Crippen MR) is 132 cm³/mol. The number of allylic oxidation sites excluding steroid dienone is 2. The summed E-state index contributed by atoms with van der Waals surface area (Å²) in [5, 5.41) is 42.4. The fourth-order valence-electron chi connectivity index (χ4n) is 4.03. The van der Waals surface area contributed by atoms with Crippen LogP contribution in [0.4, 0.5) is 0 Å². The molecule has 8 heteroatoms. The minimum absolute atomic E-state index is 0.0554. The Kier molecular flexibility index (Phi) is 12.1. The Morgan fingerprint density at radius 3 is 2.81 bits per heavy atom. The van der Waals surface area contributed by atoms with Crippen LogP contribution in [0.15, 0.2) is 34.8 Å². The Hall–Kier alpha value is -1.03. The fraction of sp³-hybridized carbons (Fsp3) is 0.625. The summed E-state index contributed by atoms with van der Waals surface area (Å²) in [5.41, 5.74) is 0. The number of rotatable bonds is 13. The van der Waals surface area contributed by atoms with Crippen LogP contribution in [-0.4, -0.2) is 57.8 Å². The first-order valence-electron chi connectivity index (χ1n) is 11.3. The molecule has 0 spiro atoms. The zero-order valence-corrected chi connectivity index (χ0v) is 21.0. The molecule has 6 nitrogen and oxygen atoms in total. The molecule has 3 unspecified atom stereocenters. The molecule has 0 aliphatic heterocycles. The van der Waals surface area contributed by atoms with Crippen molar-refractivity contribution in [3.05, 3.63) is 44.6 Å². The zero-order chi connectivity index (χ0) is 23.5. The van der Waals surface area contributed by atoms with E-state index in [9.17, 15) is 20.1 Å². The van der Waals surface area contributed by atoms with Crippen LogP contribution < -0.4 is 5.32 Å². The maximum absolute atomic E-state index is 11.5. The number of nitrogens with one attached hydrogen (secondary N) is 1. The lowest BCUT2D eigenvalue weighted by Gasteiger charge is -2.19. The van der Waals surface area contributed by atoms with Crippen LogP contribution in [0, 0.1) is 18.8 Å². The van der Waals surface area contributed by atoms with Crippen molar-refractivity contribution in [3.63, 3.8) is 0 Å². The summed E-state index contributed by atoms with van der Waals surface area (Å²) >= 11 is 5.24. The van der Waals surface area contributed by atoms with E-state index in [4.69, 9.17) is 5.11 Å². The SMILES string of the molecule is Cc1sc(CCC(O)C=C[C@H]2C(O)CC(O)[C@@H]2CC=CCCCC(=O)NCCO)cc1Br. The molecule has 180 valence electrons. The number of aliphatic hydroxyl groups is 4. The number of halogens is 1. The van der Waals surface area contributed by atoms with E-state index in [1.807, 2.05) is 18.2 Å². The number of carbonyl (C=O) groups excluding carboxylic acids is 1. The number of aliphatic hydroxyl groups excluding tert-OH is 4. The van der Waals surface area contributed by atoms with Crippen molar-refractivity contribution in [2.45, 2.75) is 70.2 Å². The molecular weight excluding hydrogens is 494 g/mol. The van der Waals surface area contributed by atoms with Gasteiger partial charge in [-0.25, -0.2) is 0 Å². The average Bonchev–Trinajstić information content (AvgIpc) is 3.22. The Morgan fingerprint density at radius 1 is 1.34 bits per heavy atom. The molecule has 0 saturated heterocycles. The number of amides is 1.